The van der Waals surface area contributed by atoms with E-state index in [1.54, 1.807) is 6.08 Å². The number of allylic oxidation sites excluding steroid dienone is 1. The van der Waals surface area contributed by atoms with Crippen molar-refractivity contribution >= 4 is 29.3 Å². The van der Waals surface area contributed by atoms with Crippen LogP contribution in [0.3, 0.4) is 0 Å². The maximum Gasteiger partial charge on any atom is 0.282 e. The smallest absolute Gasteiger partial charge is 0.282 e. The van der Waals surface area contributed by atoms with Crippen molar-refractivity contribution < 1.29 is 13.9 Å². The van der Waals surface area contributed by atoms with E-state index >= 15 is 0 Å². The molecule has 176 valence electrons. The van der Waals surface area contributed by atoms with Gasteiger partial charge in [-0.05, 0) is 17.7 Å². The van der Waals surface area contributed by atoms with Crippen molar-refractivity contribution in [2.45, 2.75) is 6.54 Å². The van der Waals surface area contributed by atoms with E-state index in [4.69, 9.17) is 22.1 Å². The zero-order chi connectivity index (χ0) is 24.9. The van der Waals surface area contributed by atoms with Crippen molar-refractivity contribution in [1.29, 1.82) is 0 Å². The minimum Gasteiger partial charge on any atom is -0.452 e. The molecule has 12 heteroatoms. The number of benzene rings is 1. The normalized spacial score (nSPS) is 10.6. The lowest BCUT2D eigenvalue weighted by Crippen LogP contribution is -2.28. The standard InChI is InChI=1S/C23H17ClFN7O3/c1-2-9-32-12-16(13-3-5-14(25)6-4-13)20(33)19(31-32)22(34)30-23-28-10-15(11-29-23)35-17-7-8-27-21(26)18(17)24/h2-8,10-12H,1,9H2,(H2,26,27)(H,28,29,30,34). The van der Waals surface area contributed by atoms with Crippen LogP contribution in [0.15, 0.2) is 72.6 Å². The Kier molecular flexibility index (Phi) is 6.78. The molecule has 0 saturated carbocycles. The maximum atomic E-state index is 13.3. The fourth-order valence-electron chi connectivity index (χ4n) is 2.99. The molecule has 1 amide bonds. The third-order valence-corrected chi connectivity index (χ3v) is 4.99. The van der Waals surface area contributed by atoms with E-state index in [-0.39, 0.29) is 40.4 Å². The van der Waals surface area contributed by atoms with E-state index in [1.165, 1.54) is 59.8 Å². The first kappa shape index (κ1) is 23.5. The van der Waals surface area contributed by atoms with Crippen LogP contribution in [0.25, 0.3) is 11.1 Å². The molecule has 3 heterocycles. The second-order valence-corrected chi connectivity index (χ2v) is 7.42. The molecule has 35 heavy (non-hydrogen) atoms. The highest BCUT2D eigenvalue weighted by Gasteiger charge is 2.19. The zero-order valence-electron chi connectivity index (χ0n) is 18.0. The van der Waals surface area contributed by atoms with Crippen molar-refractivity contribution in [3.63, 3.8) is 0 Å². The minimum absolute atomic E-state index is 0.0913. The number of nitrogens with one attached hydrogen (secondary N) is 1. The number of halogens is 2. The molecule has 0 fully saturated rings. The van der Waals surface area contributed by atoms with Crippen LogP contribution in [0.1, 0.15) is 10.5 Å². The van der Waals surface area contributed by atoms with E-state index in [1.807, 2.05) is 0 Å². The van der Waals surface area contributed by atoms with Gasteiger partial charge in [-0.25, -0.2) is 19.3 Å². The maximum absolute atomic E-state index is 13.3. The van der Waals surface area contributed by atoms with Crippen LogP contribution in [0, 0.1) is 5.82 Å². The number of hydrogen-bond donors (Lipinski definition) is 2. The first-order valence-corrected chi connectivity index (χ1v) is 10.4. The van der Waals surface area contributed by atoms with Gasteiger partial charge in [0, 0.05) is 24.0 Å². The van der Waals surface area contributed by atoms with E-state index in [9.17, 15) is 14.0 Å². The summed E-state index contributed by atoms with van der Waals surface area (Å²) in [6, 6.07) is 6.84. The number of pyridine rings is 1. The molecular weight excluding hydrogens is 477 g/mol. The molecular formula is C23H17ClFN7O3. The van der Waals surface area contributed by atoms with Gasteiger partial charge >= 0.3 is 0 Å². The van der Waals surface area contributed by atoms with Crippen LogP contribution in [-0.2, 0) is 6.54 Å². The lowest BCUT2D eigenvalue weighted by molar-refractivity contribution is 0.101. The number of nitrogens with zero attached hydrogens (tertiary/aromatic N) is 5. The summed E-state index contributed by atoms with van der Waals surface area (Å²) in [5.74, 6) is -0.788. The number of nitrogens with two attached hydrogens (primary N) is 1. The summed E-state index contributed by atoms with van der Waals surface area (Å²) in [6.07, 6.45) is 7.05. The van der Waals surface area contributed by atoms with Crippen LogP contribution in [0.5, 0.6) is 11.5 Å². The largest absolute Gasteiger partial charge is 0.452 e. The molecule has 0 aliphatic heterocycles. The quantitative estimate of drug-likeness (QED) is 0.372. The molecule has 0 aliphatic carbocycles. The third-order valence-electron chi connectivity index (χ3n) is 4.61. The second kappa shape index (κ2) is 10.1. The number of amides is 1. The predicted molar refractivity (Wildman–Crippen MR) is 128 cm³/mol. The van der Waals surface area contributed by atoms with Gasteiger partial charge in [-0.1, -0.05) is 29.8 Å². The summed E-state index contributed by atoms with van der Waals surface area (Å²) >= 11 is 6.05. The van der Waals surface area contributed by atoms with Crippen LogP contribution >= 0.6 is 11.6 Å². The van der Waals surface area contributed by atoms with Crippen molar-refractivity contribution in [2.75, 3.05) is 11.1 Å². The molecule has 3 N–H and O–H groups in total. The summed E-state index contributed by atoms with van der Waals surface area (Å²) in [7, 11) is 0. The number of nitrogen functional groups attached to an aromatic ring is 1. The number of carbonyl (C=O) groups excluding carboxylic acids is 1. The van der Waals surface area contributed by atoms with Gasteiger partial charge in [-0.3, -0.25) is 19.6 Å². The van der Waals surface area contributed by atoms with Crippen LogP contribution in [0.2, 0.25) is 5.02 Å². The number of carbonyl (C=O) groups is 1. The predicted octanol–water partition coefficient (Wildman–Crippen LogP) is 3.70. The average molecular weight is 494 g/mol. The van der Waals surface area contributed by atoms with E-state index in [2.05, 4.69) is 31.9 Å². The van der Waals surface area contributed by atoms with E-state index in [0.29, 0.717) is 5.56 Å². The summed E-state index contributed by atoms with van der Waals surface area (Å²) in [5, 5.41) is 6.65. The van der Waals surface area contributed by atoms with Gasteiger partial charge in [0.2, 0.25) is 11.4 Å². The highest BCUT2D eigenvalue weighted by Crippen LogP contribution is 2.31. The summed E-state index contributed by atoms with van der Waals surface area (Å²) in [6.45, 7) is 3.88. The van der Waals surface area contributed by atoms with Gasteiger partial charge < -0.3 is 10.5 Å². The number of ether oxygens (including phenoxy) is 1. The van der Waals surface area contributed by atoms with Gasteiger partial charge in [0.25, 0.3) is 5.91 Å². The van der Waals surface area contributed by atoms with Crippen LogP contribution in [0.4, 0.5) is 16.2 Å². The lowest BCUT2D eigenvalue weighted by Gasteiger charge is -2.10. The molecule has 4 rings (SSSR count). The number of anilines is 2. The van der Waals surface area contributed by atoms with Crippen molar-refractivity contribution in [3.05, 3.63) is 94.5 Å². The van der Waals surface area contributed by atoms with Gasteiger partial charge in [-0.2, -0.15) is 5.10 Å². The highest BCUT2D eigenvalue weighted by molar-refractivity contribution is 6.34. The fraction of sp³-hybridized carbons (Fsp3) is 0.0435. The van der Waals surface area contributed by atoms with Gasteiger partial charge in [0.1, 0.15) is 16.7 Å². The number of hydrogen-bond acceptors (Lipinski definition) is 8. The Labute approximate surface area is 202 Å². The molecule has 0 radical (unpaired) electrons. The minimum atomic E-state index is -0.824. The lowest BCUT2D eigenvalue weighted by atomic mass is 10.1. The van der Waals surface area contributed by atoms with E-state index < -0.39 is 22.8 Å². The Morgan fingerprint density at radius 3 is 2.60 bits per heavy atom. The first-order valence-electron chi connectivity index (χ1n) is 10.1. The molecule has 0 spiro atoms. The molecule has 1 aromatic carbocycles. The Hall–Kier alpha value is -4.64. The molecule has 0 aliphatic rings. The summed E-state index contributed by atoms with van der Waals surface area (Å²) in [4.78, 5) is 37.8. The van der Waals surface area contributed by atoms with E-state index in [0.717, 1.165) is 0 Å². The van der Waals surface area contributed by atoms with Crippen molar-refractivity contribution in [2.24, 2.45) is 0 Å². The molecule has 0 bridgehead atoms. The second-order valence-electron chi connectivity index (χ2n) is 7.04. The van der Waals surface area contributed by atoms with Crippen molar-refractivity contribution in [1.82, 2.24) is 24.7 Å². The molecule has 0 atom stereocenters. The van der Waals surface area contributed by atoms with Gasteiger partial charge in [0.05, 0.1) is 18.9 Å². The van der Waals surface area contributed by atoms with Crippen LogP contribution < -0.4 is 21.2 Å². The molecule has 0 unspecified atom stereocenters. The Morgan fingerprint density at radius 2 is 1.91 bits per heavy atom. The van der Waals surface area contributed by atoms with Gasteiger partial charge in [-0.15, -0.1) is 6.58 Å². The average Bonchev–Trinajstić information content (AvgIpc) is 2.85. The number of rotatable bonds is 7. The zero-order valence-corrected chi connectivity index (χ0v) is 18.7. The highest BCUT2D eigenvalue weighted by atomic mass is 35.5. The summed E-state index contributed by atoms with van der Waals surface area (Å²) < 4.78 is 20.3. The van der Waals surface area contributed by atoms with Gasteiger partial charge in [0.15, 0.2) is 17.2 Å². The molecule has 4 aromatic rings. The van der Waals surface area contributed by atoms with Crippen molar-refractivity contribution in [3.8, 4) is 22.6 Å². The fourth-order valence-corrected chi connectivity index (χ4v) is 3.14. The molecule has 3 aromatic heterocycles. The monoisotopic (exact) mass is 493 g/mol. The van der Waals surface area contributed by atoms with Crippen LogP contribution in [-0.4, -0.2) is 30.6 Å². The topological polar surface area (TPSA) is 138 Å². The third kappa shape index (κ3) is 5.31. The Morgan fingerprint density at radius 1 is 1.20 bits per heavy atom. The first-order chi connectivity index (χ1) is 16.9. The Bertz CT molecular complexity index is 1460. The summed E-state index contributed by atoms with van der Waals surface area (Å²) in [5.41, 5.74) is 5.22. The molecule has 10 nitrogen and oxygen atoms in total. The Balaban J connectivity index is 1.58. The SMILES string of the molecule is C=CCn1cc(-c2ccc(F)cc2)c(=O)c(C(=O)Nc2ncc(Oc3ccnc(N)c3Cl)cn2)n1. The molecule has 0 saturated heterocycles. The number of aromatic nitrogens is 5.